The number of rotatable bonds is 6. The van der Waals surface area contributed by atoms with Crippen molar-refractivity contribution in [3.8, 4) is 0 Å². The molecule has 0 bridgehead atoms. The summed E-state index contributed by atoms with van der Waals surface area (Å²) in [7, 11) is 1.67. The van der Waals surface area contributed by atoms with Crippen molar-refractivity contribution in [1.82, 2.24) is 5.32 Å². The Hall–Kier alpha value is -0.900. The van der Waals surface area contributed by atoms with Crippen LogP contribution in [0.5, 0.6) is 0 Å². The fourth-order valence-electron chi connectivity index (χ4n) is 1.65. The Labute approximate surface area is 98.0 Å². The van der Waals surface area contributed by atoms with Crippen LogP contribution in [0.2, 0.25) is 0 Å². The van der Waals surface area contributed by atoms with Gasteiger partial charge in [-0.2, -0.15) is 0 Å². The fourth-order valence-corrected chi connectivity index (χ4v) is 1.65. The lowest BCUT2D eigenvalue weighted by atomic mass is 9.94. The first-order valence-electron chi connectivity index (χ1n) is 5.69. The number of hydrogen-bond donors (Lipinski definition) is 2. The van der Waals surface area contributed by atoms with Gasteiger partial charge >= 0.3 is 0 Å². The maximum absolute atomic E-state index is 5.54. The lowest BCUT2D eigenvalue weighted by Gasteiger charge is -2.20. The molecule has 0 spiro atoms. The molecule has 16 heavy (non-hydrogen) atoms. The highest BCUT2D eigenvalue weighted by molar-refractivity contribution is 5.35. The number of allylic oxidation sites excluding steroid dienone is 4. The molecule has 3 heteroatoms. The highest BCUT2D eigenvalue weighted by atomic mass is 16.5. The summed E-state index contributed by atoms with van der Waals surface area (Å²) in [6.07, 6.45) is 7.37. The van der Waals surface area contributed by atoms with E-state index in [0.717, 1.165) is 13.0 Å². The highest BCUT2D eigenvalue weighted by Crippen LogP contribution is 2.20. The molecule has 0 saturated heterocycles. The third-order valence-electron chi connectivity index (χ3n) is 2.83. The number of methoxy groups -OCH3 is 1. The van der Waals surface area contributed by atoms with Crippen LogP contribution in [-0.2, 0) is 4.74 Å². The SMILES string of the molecule is C=C1C=CC(C(C)CNC(CN)OC)=CC1. The van der Waals surface area contributed by atoms with Crippen LogP contribution in [0, 0.1) is 5.92 Å². The van der Waals surface area contributed by atoms with Crippen LogP contribution < -0.4 is 11.1 Å². The maximum Gasteiger partial charge on any atom is 0.120 e. The molecule has 0 fully saturated rings. The molecule has 0 amide bonds. The van der Waals surface area contributed by atoms with E-state index in [2.05, 4.69) is 37.0 Å². The molecule has 0 aromatic carbocycles. The second-order valence-corrected chi connectivity index (χ2v) is 4.17. The van der Waals surface area contributed by atoms with E-state index in [1.165, 1.54) is 11.1 Å². The number of ether oxygens (including phenoxy) is 1. The summed E-state index contributed by atoms with van der Waals surface area (Å²) in [5.74, 6) is 0.466. The predicted molar refractivity (Wildman–Crippen MR) is 68.0 cm³/mol. The Morgan fingerprint density at radius 3 is 2.81 bits per heavy atom. The Kier molecular flexibility index (Phi) is 5.46. The lowest BCUT2D eigenvalue weighted by molar-refractivity contribution is 0.0789. The lowest BCUT2D eigenvalue weighted by Crippen LogP contribution is -2.40. The molecule has 0 radical (unpaired) electrons. The molecular weight excluding hydrogens is 200 g/mol. The monoisotopic (exact) mass is 222 g/mol. The predicted octanol–water partition coefficient (Wildman–Crippen LogP) is 1.59. The first-order chi connectivity index (χ1) is 7.67. The molecule has 0 aromatic heterocycles. The van der Waals surface area contributed by atoms with Gasteiger partial charge < -0.3 is 10.5 Å². The van der Waals surface area contributed by atoms with Gasteiger partial charge in [0.1, 0.15) is 6.23 Å². The molecule has 3 N–H and O–H groups in total. The normalized spacial score (nSPS) is 19.4. The van der Waals surface area contributed by atoms with Gasteiger partial charge in [-0.25, -0.2) is 0 Å². The van der Waals surface area contributed by atoms with Crippen LogP contribution >= 0.6 is 0 Å². The van der Waals surface area contributed by atoms with Gasteiger partial charge in [0.05, 0.1) is 0 Å². The fraction of sp³-hybridized carbons (Fsp3) is 0.538. The summed E-state index contributed by atoms with van der Waals surface area (Å²) in [5, 5.41) is 3.28. The Morgan fingerprint density at radius 2 is 2.31 bits per heavy atom. The Balaban J connectivity index is 2.38. The molecule has 0 aromatic rings. The van der Waals surface area contributed by atoms with Crippen molar-refractivity contribution in [2.24, 2.45) is 11.7 Å². The molecule has 90 valence electrons. The van der Waals surface area contributed by atoms with Crippen LogP contribution in [0.1, 0.15) is 13.3 Å². The van der Waals surface area contributed by atoms with E-state index in [9.17, 15) is 0 Å². The van der Waals surface area contributed by atoms with Gasteiger partial charge in [-0.3, -0.25) is 5.32 Å². The highest BCUT2D eigenvalue weighted by Gasteiger charge is 2.11. The summed E-state index contributed by atoms with van der Waals surface area (Å²) < 4.78 is 5.17. The zero-order chi connectivity index (χ0) is 12.0. The number of hydrogen-bond acceptors (Lipinski definition) is 3. The second kappa shape index (κ2) is 6.63. The van der Waals surface area contributed by atoms with E-state index in [1.807, 2.05) is 0 Å². The van der Waals surface area contributed by atoms with Crippen LogP contribution in [0.15, 0.2) is 36.0 Å². The van der Waals surface area contributed by atoms with Crippen LogP contribution in [0.4, 0.5) is 0 Å². The molecule has 0 aliphatic heterocycles. The quantitative estimate of drug-likeness (QED) is 0.671. The van der Waals surface area contributed by atoms with E-state index in [-0.39, 0.29) is 6.23 Å². The zero-order valence-electron chi connectivity index (χ0n) is 10.2. The van der Waals surface area contributed by atoms with Crippen molar-refractivity contribution in [3.63, 3.8) is 0 Å². The summed E-state index contributed by atoms with van der Waals surface area (Å²) in [4.78, 5) is 0. The van der Waals surface area contributed by atoms with E-state index >= 15 is 0 Å². The van der Waals surface area contributed by atoms with Crippen LogP contribution in [-0.4, -0.2) is 26.4 Å². The molecule has 0 heterocycles. The van der Waals surface area contributed by atoms with Crippen molar-refractivity contribution < 1.29 is 4.74 Å². The van der Waals surface area contributed by atoms with Gasteiger partial charge in [-0.15, -0.1) is 0 Å². The van der Waals surface area contributed by atoms with Crippen LogP contribution in [0.3, 0.4) is 0 Å². The molecule has 1 rings (SSSR count). The van der Waals surface area contributed by atoms with Gasteiger partial charge in [0.25, 0.3) is 0 Å². The van der Waals surface area contributed by atoms with E-state index < -0.39 is 0 Å². The molecule has 0 saturated carbocycles. The van der Waals surface area contributed by atoms with Crippen molar-refractivity contribution >= 4 is 0 Å². The standard InChI is InChI=1S/C13H22N2O/c1-10-4-6-12(7-5-10)11(2)9-15-13(8-14)16-3/h4,6-7,11,13,15H,1,5,8-9,14H2,2-3H3. The average Bonchev–Trinajstić information content (AvgIpc) is 2.31. The summed E-state index contributed by atoms with van der Waals surface area (Å²) in [5.41, 5.74) is 8.06. The number of nitrogens with one attached hydrogen (secondary N) is 1. The zero-order valence-corrected chi connectivity index (χ0v) is 10.2. The van der Waals surface area contributed by atoms with Gasteiger partial charge in [0.2, 0.25) is 0 Å². The molecule has 3 nitrogen and oxygen atoms in total. The molecule has 2 atom stereocenters. The van der Waals surface area contributed by atoms with Crippen molar-refractivity contribution in [2.45, 2.75) is 19.6 Å². The van der Waals surface area contributed by atoms with Gasteiger partial charge in [0.15, 0.2) is 0 Å². The largest absolute Gasteiger partial charge is 0.365 e. The van der Waals surface area contributed by atoms with Gasteiger partial charge in [-0.1, -0.05) is 37.3 Å². The summed E-state index contributed by atoms with van der Waals surface area (Å²) in [6, 6.07) is 0. The third kappa shape index (κ3) is 3.93. The molecule has 1 aliphatic rings. The van der Waals surface area contributed by atoms with E-state index in [4.69, 9.17) is 10.5 Å². The second-order valence-electron chi connectivity index (χ2n) is 4.17. The van der Waals surface area contributed by atoms with Crippen molar-refractivity contribution in [2.75, 3.05) is 20.2 Å². The average molecular weight is 222 g/mol. The molecule has 1 aliphatic carbocycles. The summed E-state index contributed by atoms with van der Waals surface area (Å²) in [6.45, 7) is 7.49. The molecular formula is C13H22N2O. The minimum absolute atomic E-state index is 0.0504. The third-order valence-corrected chi connectivity index (χ3v) is 2.83. The Bertz CT molecular complexity index is 290. The maximum atomic E-state index is 5.54. The van der Waals surface area contributed by atoms with Gasteiger partial charge in [-0.05, 0) is 17.9 Å². The smallest absolute Gasteiger partial charge is 0.120 e. The minimum Gasteiger partial charge on any atom is -0.365 e. The van der Waals surface area contributed by atoms with Gasteiger partial charge in [0, 0.05) is 20.2 Å². The van der Waals surface area contributed by atoms with Crippen LogP contribution in [0.25, 0.3) is 0 Å². The van der Waals surface area contributed by atoms with Crippen molar-refractivity contribution in [3.05, 3.63) is 36.0 Å². The molecule has 2 unspecified atom stereocenters. The minimum atomic E-state index is -0.0504. The first-order valence-corrected chi connectivity index (χ1v) is 5.69. The topological polar surface area (TPSA) is 47.3 Å². The first kappa shape index (κ1) is 13.2. The Morgan fingerprint density at radius 1 is 1.56 bits per heavy atom. The van der Waals surface area contributed by atoms with E-state index in [1.54, 1.807) is 7.11 Å². The van der Waals surface area contributed by atoms with Crippen molar-refractivity contribution in [1.29, 1.82) is 0 Å². The van der Waals surface area contributed by atoms with E-state index in [0.29, 0.717) is 12.5 Å². The number of nitrogens with two attached hydrogens (primary N) is 1. The summed E-state index contributed by atoms with van der Waals surface area (Å²) >= 11 is 0.